The maximum absolute atomic E-state index is 11.5. The molecular weight excluding hydrogens is 382 g/mol. The van der Waals surface area contributed by atoms with Gasteiger partial charge in [-0.05, 0) is 35.4 Å². The van der Waals surface area contributed by atoms with Gasteiger partial charge in [-0.25, -0.2) is 4.79 Å². The fraction of sp³-hybridized carbons (Fsp3) is 0.174. The summed E-state index contributed by atoms with van der Waals surface area (Å²) in [6, 6.07) is 18.5. The van der Waals surface area contributed by atoms with Crippen molar-refractivity contribution in [2.75, 3.05) is 7.11 Å². The molecule has 2 aromatic heterocycles. The lowest BCUT2D eigenvalue weighted by molar-refractivity contribution is 0.185. The third-order valence-corrected chi connectivity index (χ3v) is 4.88. The van der Waals surface area contributed by atoms with E-state index in [-0.39, 0.29) is 0 Å². The van der Waals surface area contributed by atoms with Crippen molar-refractivity contribution in [1.29, 1.82) is 0 Å². The minimum atomic E-state index is -1.10. The zero-order chi connectivity index (χ0) is 20.9. The molecular formula is C23H21N3O4. The standard InChI is InChI=1S/C23H21N3O4/c1-29-14-15-9-10-19-21(12-15)30-26-22(19)18-8-3-2-7-17(18)20(25-23(27)28)13-16-6-4-5-11-24-16/h2-12,20,25H,13-14H2,1H3,(H,27,28)/t20-/m0/s1. The molecule has 0 spiro atoms. The summed E-state index contributed by atoms with van der Waals surface area (Å²) in [5.74, 6) is 0. The topological polar surface area (TPSA) is 97.5 Å². The van der Waals surface area contributed by atoms with Crippen LogP contribution in [0.3, 0.4) is 0 Å². The van der Waals surface area contributed by atoms with Crippen LogP contribution in [0.25, 0.3) is 22.2 Å². The van der Waals surface area contributed by atoms with E-state index in [4.69, 9.17) is 9.26 Å². The highest BCUT2D eigenvalue weighted by Gasteiger charge is 2.22. The summed E-state index contributed by atoms with van der Waals surface area (Å²) in [5, 5.41) is 17.2. The van der Waals surface area contributed by atoms with Gasteiger partial charge in [0.15, 0.2) is 5.58 Å². The number of hydrogen-bond donors (Lipinski definition) is 2. The van der Waals surface area contributed by atoms with Crippen LogP contribution >= 0.6 is 0 Å². The van der Waals surface area contributed by atoms with Crippen molar-refractivity contribution < 1.29 is 19.2 Å². The van der Waals surface area contributed by atoms with Gasteiger partial charge in [0.2, 0.25) is 0 Å². The van der Waals surface area contributed by atoms with Crippen molar-refractivity contribution in [2.45, 2.75) is 19.1 Å². The van der Waals surface area contributed by atoms with Gasteiger partial charge in [0.05, 0.1) is 12.6 Å². The summed E-state index contributed by atoms with van der Waals surface area (Å²) in [4.78, 5) is 15.8. The maximum atomic E-state index is 11.5. The van der Waals surface area contributed by atoms with E-state index in [0.29, 0.717) is 24.3 Å². The molecule has 7 nitrogen and oxygen atoms in total. The van der Waals surface area contributed by atoms with E-state index in [1.54, 1.807) is 13.3 Å². The summed E-state index contributed by atoms with van der Waals surface area (Å²) >= 11 is 0. The number of benzene rings is 2. The van der Waals surface area contributed by atoms with E-state index in [1.807, 2.05) is 60.7 Å². The molecule has 1 amide bonds. The first-order valence-corrected chi connectivity index (χ1v) is 9.51. The van der Waals surface area contributed by atoms with Crippen molar-refractivity contribution >= 4 is 17.1 Å². The first-order chi connectivity index (χ1) is 14.7. The summed E-state index contributed by atoms with van der Waals surface area (Å²) in [5.41, 5.74) is 4.72. The van der Waals surface area contributed by atoms with Crippen LogP contribution in [0, 0.1) is 0 Å². The van der Waals surface area contributed by atoms with Gasteiger partial charge in [-0.2, -0.15) is 0 Å². The highest BCUT2D eigenvalue weighted by Crippen LogP contribution is 2.34. The zero-order valence-corrected chi connectivity index (χ0v) is 16.4. The average Bonchev–Trinajstić information content (AvgIpc) is 3.17. The van der Waals surface area contributed by atoms with Gasteiger partial charge in [0, 0.05) is 36.4 Å². The monoisotopic (exact) mass is 403 g/mol. The molecule has 1 atom stereocenters. The molecule has 2 aromatic carbocycles. The summed E-state index contributed by atoms with van der Waals surface area (Å²) in [7, 11) is 1.64. The Kier molecular flexibility index (Phi) is 5.72. The quantitative estimate of drug-likeness (QED) is 0.468. The Morgan fingerprint density at radius 3 is 2.77 bits per heavy atom. The minimum Gasteiger partial charge on any atom is -0.465 e. The maximum Gasteiger partial charge on any atom is 0.405 e. The van der Waals surface area contributed by atoms with Gasteiger partial charge < -0.3 is 19.7 Å². The van der Waals surface area contributed by atoms with Gasteiger partial charge in [0.25, 0.3) is 0 Å². The second-order valence-corrected chi connectivity index (χ2v) is 6.91. The molecule has 4 aromatic rings. The number of pyridine rings is 1. The Morgan fingerprint density at radius 1 is 1.17 bits per heavy atom. The summed E-state index contributed by atoms with van der Waals surface area (Å²) in [6.07, 6.45) is 1.01. The summed E-state index contributed by atoms with van der Waals surface area (Å²) < 4.78 is 10.8. The number of nitrogens with one attached hydrogen (secondary N) is 1. The molecule has 0 aliphatic heterocycles. The van der Waals surface area contributed by atoms with Gasteiger partial charge >= 0.3 is 6.09 Å². The zero-order valence-electron chi connectivity index (χ0n) is 16.4. The third-order valence-electron chi connectivity index (χ3n) is 4.88. The smallest absolute Gasteiger partial charge is 0.405 e. The minimum absolute atomic E-state index is 0.415. The molecule has 0 saturated heterocycles. The Labute approximate surface area is 173 Å². The largest absolute Gasteiger partial charge is 0.465 e. The lowest BCUT2D eigenvalue weighted by Crippen LogP contribution is -2.29. The van der Waals surface area contributed by atoms with Crippen LogP contribution in [-0.2, 0) is 17.8 Å². The van der Waals surface area contributed by atoms with Crippen LogP contribution in [-0.4, -0.2) is 28.5 Å². The number of ether oxygens (including phenoxy) is 1. The molecule has 0 bridgehead atoms. The highest BCUT2D eigenvalue weighted by atomic mass is 16.5. The number of aromatic nitrogens is 2. The Morgan fingerprint density at radius 2 is 2.00 bits per heavy atom. The lowest BCUT2D eigenvalue weighted by Gasteiger charge is -2.20. The summed E-state index contributed by atoms with van der Waals surface area (Å²) in [6.45, 7) is 0.483. The van der Waals surface area contributed by atoms with E-state index in [9.17, 15) is 9.90 Å². The molecule has 0 saturated carbocycles. The number of carbonyl (C=O) groups is 1. The molecule has 152 valence electrons. The SMILES string of the molecule is COCc1ccc2c(-c3ccccc3[C@H](Cc3ccccn3)NC(=O)O)noc2c1. The van der Waals surface area contributed by atoms with E-state index in [1.165, 1.54) is 0 Å². The normalized spacial score (nSPS) is 12.0. The van der Waals surface area contributed by atoms with Gasteiger partial charge in [-0.15, -0.1) is 0 Å². The van der Waals surface area contributed by atoms with E-state index in [0.717, 1.165) is 27.8 Å². The second kappa shape index (κ2) is 8.75. The van der Waals surface area contributed by atoms with Crippen LogP contribution in [0.1, 0.15) is 22.9 Å². The van der Waals surface area contributed by atoms with Crippen LogP contribution in [0.4, 0.5) is 4.79 Å². The molecule has 0 fully saturated rings. The third kappa shape index (κ3) is 4.16. The van der Waals surface area contributed by atoms with Crippen LogP contribution in [0.2, 0.25) is 0 Å². The molecule has 30 heavy (non-hydrogen) atoms. The van der Waals surface area contributed by atoms with Crippen LogP contribution in [0.5, 0.6) is 0 Å². The fourth-order valence-corrected chi connectivity index (χ4v) is 3.56. The first-order valence-electron chi connectivity index (χ1n) is 9.51. The van der Waals surface area contributed by atoms with Crippen molar-refractivity contribution in [1.82, 2.24) is 15.5 Å². The fourth-order valence-electron chi connectivity index (χ4n) is 3.56. The van der Waals surface area contributed by atoms with E-state index < -0.39 is 12.1 Å². The molecule has 0 unspecified atom stereocenters. The Bertz CT molecular complexity index is 1160. The van der Waals surface area contributed by atoms with Gasteiger partial charge in [0.1, 0.15) is 5.69 Å². The number of methoxy groups -OCH3 is 1. The highest BCUT2D eigenvalue weighted by molar-refractivity contribution is 5.92. The van der Waals surface area contributed by atoms with Crippen molar-refractivity contribution in [2.24, 2.45) is 0 Å². The van der Waals surface area contributed by atoms with Crippen molar-refractivity contribution in [3.05, 3.63) is 83.7 Å². The first kappa shape index (κ1) is 19.6. The van der Waals surface area contributed by atoms with Crippen LogP contribution < -0.4 is 5.32 Å². The molecule has 2 heterocycles. The predicted octanol–water partition coefficient (Wildman–Crippen LogP) is 4.59. The number of fused-ring (bicyclic) bond motifs is 1. The number of hydrogen-bond acceptors (Lipinski definition) is 5. The lowest BCUT2D eigenvalue weighted by atomic mass is 9.93. The molecule has 2 N–H and O–H groups in total. The number of rotatable bonds is 7. The molecule has 0 radical (unpaired) electrons. The number of carboxylic acid groups (broad SMARTS) is 1. The van der Waals surface area contributed by atoms with E-state index in [2.05, 4.69) is 15.5 Å². The van der Waals surface area contributed by atoms with Gasteiger partial charge in [-0.1, -0.05) is 41.6 Å². The van der Waals surface area contributed by atoms with Gasteiger partial charge in [-0.3, -0.25) is 4.98 Å². The molecule has 7 heteroatoms. The average molecular weight is 403 g/mol. The van der Waals surface area contributed by atoms with E-state index >= 15 is 0 Å². The number of amides is 1. The Hall–Kier alpha value is -3.71. The molecule has 0 aliphatic carbocycles. The number of nitrogens with zero attached hydrogens (tertiary/aromatic N) is 2. The molecule has 0 aliphatic rings. The van der Waals surface area contributed by atoms with Crippen LogP contribution in [0.15, 0.2) is 71.4 Å². The van der Waals surface area contributed by atoms with Crippen molar-refractivity contribution in [3.8, 4) is 11.3 Å². The Balaban J connectivity index is 1.77. The van der Waals surface area contributed by atoms with Crippen molar-refractivity contribution in [3.63, 3.8) is 0 Å². The predicted molar refractivity (Wildman–Crippen MR) is 112 cm³/mol. The molecule has 4 rings (SSSR count). The second-order valence-electron chi connectivity index (χ2n) is 6.91.